The van der Waals surface area contributed by atoms with Crippen molar-refractivity contribution in [1.29, 1.82) is 0 Å². The van der Waals surface area contributed by atoms with E-state index in [9.17, 15) is 4.79 Å². The van der Waals surface area contributed by atoms with Gasteiger partial charge in [-0.05, 0) is 12.5 Å². The lowest BCUT2D eigenvalue weighted by molar-refractivity contribution is -0.166. The molecular weight excluding hydrogens is 358 g/mol. The third kappa shape index (κ3) is 3.44. The van der Waals surface area contributed by atoms with Crippen LogP contribution in [0.1, 0.15) is 27.2 Å². The number of nitrogens with one attached hydrogen (secondary N) is 1. The van der Waals surface area contributed by atoms with Gasteiger partial charge in [-0.3, -0.25) is 4.79 Å². The van der Waals surface area contributed by atoms with Crippen LogP contribution in [0.4, 0.5) is 5.13 Å². The second-order valence-corrected chi connectivity index (χ2v) is 7.72. The number of rotatable bonds is 5. The summed E-state index contributed by atoms with van der Waals surface area (Å²) < 4.78 is 5.68. The summed E-state index contributed by atoms with van der Waals surface area (Å²) in [7, 11) is 0. The van der Waals surface area contributed by atoms with Crippen LogP contribution >= 0.6 is 23.7 Å². The Morgan fingerprint density at radius 2 is 2.08 bits per heavy atom. The zero-order valence-corrected chi connectivity index (χ0v) is 16.2. The Kier molecular flexibility index (Phi) is 5.89. The first-order valence-corrected chi connectivity index (χ1v) is 8.93. The van der Waals surface area contributed by atoms with E-state index in [1.807, 2.05) is 51.1 Å². The van der Waals surface area contributed by atoms with Gasteiger partial charge in [0.05, 0.1) is 11.0 Å². The van der Waals surface area contributed by atoms with Crippen molar-refractivity contribution in [2.75, 3.05) is 11.9 Å². The molecule has 0 aliphatic heterocycles. The van der Waals surface area contributed by atoms with E-state index in [2.05, 4.69) is 10.3 Å². The van der Waals surface area contributed by atoms with Gasteiger partial charge in [0.15, 0.2) is 5.13 Å². The number of thiazole rings is 1. The Morgan fingerprint density at radius 1 is 1.40 bits per heavy atom. The molecule has 1 amide bonds. The summed E-state index contributed by atoms with van der Waals surface area (Å²) in [6.07, 6.45) is 2.30. The van der Waals surface area contributed by atoms with Crippen LogP contribution in [0.2, 0.25) is 0 Å². The predicted octanol–water partition coefficient (Wildman–Crippen LogP) is 3.70. The maximum atomic E-state index is 12.7. The van der Waals surface area contributed by atoms with Crippen molar-refractivity contribution in [3.8, 4) is 10.4 Å². The second-order valence-electron chi connectivity index (χ2n) is 6.69. The number of halogens is 1. The second kappa shape index (κ2) is 7.41. The van der Waals surface area contributed by atoms with Crippen LogP contribution in [0, 0.1) is 5.41 Å². The highest BCUT2D eigenvalue weighted by Crippen LogP contribution is 2.50. The number of hydrogen-bond acceptors (Lipinski definition) is 5. The highest BCUT2D eigenvalue weighted by molar-refractivity contribution is 7.19. The summed E-state index contributed by atoms with van der Waals surface area (Å²) in [6, 6.07) is 9.97. The first-order valence-electron chi connectivity index (χ1n) is 8.11. The fraction of sp³-hybridized carbons (Fsp3) is 0.444. The van der Waals surface area contributed by atoms with Crippen molar-refractivity contribution in [2.45, 2.75) is 38.8 Å². The van der Waals surface area contributed by atoms with Gasteiger partial charge < -0.3 is 15.8 Å². The molecule has 1 aromatic carbocycles. The van der Waals surface area contributed by atoms with E-state index in [-0.39, 0.29) is 24.4 Å². The number of nitrogens with two attached hydrogens (primary N) is 1. The lowest BCUT2D eigenvalue weighted by Gasteiger charge is -2.57. The van der Waals surface area contributed by atoms with Gasteiger partial charge in [-0.1, -0.05) is 55.5 Å². The van der Waals surface area contributed by atoms with Crippen LogP contribution in [0.3, 0.4) is 0 Å². The summed E-state index contributed by atoms with van der Waals surface area (Å²) in [5.74, 6) is -0.197. The summed E-state index contributed by atoms with van der Waals surface area (Å²) in [5.41, 5.74) is 6.13. The molecular formula is C18H24ClN3O2S. The molecule has 0 bridgehead atoms. The molecule has 25 heavy (non-hydrogen) atoms. The molecule has 1 aromatic heterocycles. The monoisotopic (exact) mass is 381 g/mol. The first kappa shape index (κ1) is 19.8. The average molecular weight is 382 g/mol. The van der Waals surface area contributed by atoms with Crippen LogP contribution in [0.15, 0.2) is 36.5 Å². The minimum Gasteiger partial charge on any atom is -0.378 e. The minimum absolute atomic E-state index is 0. The van der Waals surface area contributed by atoms with E-state index in [1.165, 1.54) is 11.3 Å². The fourth-order valence-corrected chi connectivity index (χ4v) is 3.91. The lowest BCUT2D eigenvalue weighted by Crippen LogP contribution is -2.74. The van der Waals surface area contributed by atoms with Gasteiger partial charge in [0.1, 0.15) is 5.54 Å². The van der Waals surface area contributed by atoms with Gasteiger partial charge in [0.25, 0.3) is 0 Å². The molecule has 1 heterocycles. The number of nitrogens with zero attached hydrogens (tertiary/aromatic N) is 1. The van der Waals surface area contributed by atoms with Crippen molar-refractivity contribution < 1.29 is 9.53 Å². The van der Waals surface area contributed by atoms with Gasteiger partial charge in [-0.2, -0.15) is 0 Å². The molecule has 1 aliphatic rings. The van der Waals surface area contributed by atoms with E-state index < -0.39 is 11.0 Å². The van der Waals surface area contributed by atoms with E-state index in [0.717, 1.165) is 10.4 Å². The zero-order valence-electron chi connectivity index (χ0n) is 14.6. The van der Waals surface area contributed by atoms with Crippen LogP contribution in [0.25, 0.3) is 10.4 Å². The van der Waals surface area contributed by atoms with Gasteiger partial charge >= 0.3 is 0 Å². The van der Waals surface area contributed by atoms with Crippen LogP contribution in [-0.4, -0.2) is 29.1 Å². The number of amides is 1. The summed E-state index contributed by atoms with van der Waals surface area (Å²) in [4.78, 5) is 18.0. The standard InChI is InChI=1S/C18H23N3O2S.ClH/c1-4-23-14-10-18(19,17(14,2)3)15(22)21-16-20-11-13(24-16)12-8-6-5-7-9-12;/h5-9,11,14H,4,10,19H2,1-3H3,(H,20,21,22);1H. The first-order chi connectivity index (χ1) is 11.4. The zero-order chi connectivity index (χ0) is 17.4. The molecule has 2 unspecified atom stereocenters. The van der Waals surface area contributed by atoms with E-state index >= 15 is 0 Å². The number of benzene rings is 1. The molecule has 3 N–H and O–H groups in total. The molecule has 136 valence electrons. The highest BCUT2D eigenvalue weighted by Gasteiger charge is 2.62. The SMILES string of the molecule is CCOC1CC(N)(C(=O)Nc2ncc(-c3ccccc3)s2)C1(C)C.Cl. The Bertz CT molecular complexity index is 735. The van der Waals surface area contributed by atoms with E-state index in [1.54, 1.807) is 6.20 Å². The molecule has 1 fully saturated rings. The predicted molar refractivity (Wildman–Crippen MR) is 104 cm³/mol. The molecule has 0 spiro atoms. The third-order valence-electron chi connectivity index (χ3n) is 5.02. The smallest absolute Gasteiger partial charge is 0.246 e. The van der Waals surface area contributed by atoms with Crippen molar-refractivity contribution in [2.24, 2.45) is 11.1 Å². The van der Waals surface area contributed by atoms with E-state index in [4.69, 9.17) is 10.5 Å². The van der Waals surface area contributed by atoms with Crippen molar-refractivity contribution in [3.63, 3.8) is 0 Å². The lowest BCUT2D eigenvalue weighted by atomic mass is 9.54. The Balaban J connectivity index is 0.00000225. The summed E-state index contributed by atoms with van der Waals surface area (Å²) in [6.45, 7) is 6.54. The fourth-order valence-electron chi connectivity index (χ4n) is 3.10. The molecule has 0 radical (unpaired) electrons. The van der Waals surface area contributed by atoms with Gasteiger partial charge in [0.2, 0.25) is 5.91 Å². The molecule has 2 atom stereocenters. The van der Waals surface area contributed by atoms with Crippen molar-refractivity contribution in [1.82, 2.24) is 4.98 Å². The topological polar surface area (TPSA) is 77.2 Å². The van der Waals surface area contributed by atoms with Crippen LogP contribution < -0.4 is 11.1 Å². The normalized spacial score (nSPS) is 24.1. The van der Waals surface area contributed by atoms with Gasteiger partial charge in [-0.25, -0.2) is 4.98 Å². The molecule has 0 saturated heterocycles. The molecule has 5 nitrogen and oxygen atoms in total. The highest BCUT2D eigenvalue weighted by atomic mass is 35.5. The van der Waals surface area contributed by atoms with E-state index in [0.29, 0.717) is 18.2 Å². The number of hydrogen-bond donors (Lipinski definition) is 2. The molecule has 2 aromatic rings. The average Bonchev–Trinajstić information content (AvgIpc) is 3.03. The minimum atomic E-state index is -0.939. The Hall–Kier alpha value is -1.47. The number of ether oxygens (including phenoxy) is 1. The van der Waals surface area contributed by atoms with Crippen molar-refractivity contribution >= 4 is 34.8 Å². The number of carbonyl (C=O) groups excluding carboxylic acids is 1. The molecule has 7 heteroatoms. The quantitative estimate of drug-likeness (QED) is 0.827. The number of anilines is 1. The summed E-state index contributed by atoms with van der Waals surface area (Å²) in [5, 5.41) is 3.45. The maximum Gasteiger partial charge on any atom is 0.246 e. The molecule has 1 aliphatic carbocycles. The molecule has 3 rings (SSSR count). The Labute approximate surface area is 158 Å². The van der Waals surface area contributed by atoms with Crippen LogP contribution in [-0.2, 0) is 9.53 Å². The Morgan fingerprint density at radius 3 is 2.68 bits per heavy atom. The maximum absolute atomic E-state index is 12.7. The molecule has 1 saturated carbocycles. The number of aromatic nitrogens is 1. The van der Waals surface area contributed by atoms with Gasteiger partial charge in [-0.15, -0.1) is 12.4 Å². The summed E-state index contributed by atoms with van der Waals surface area (Å²) >= 11 is 1.45. The van der Waals surface area contributed by atoms with Crippen LogP contribution in [0.5, 0.6) is 0 Å². The third-order valence-corrected chi connectivity index (χ3v) is 5.98. The van der Waals surface area contributed by atoms with Crippen molar-refractivity contribution in [3.05, 3.63) is 36.5 Å². The number of carbonyl (C=O) groups is 1. The van der Waals surface area contributed by atoms with Gasteiger partial charge in [0, 0.05) is 24.6 Å². The largest absolute Gasteiger partial charge is 0.378 e.